The number of carbonyl (C=O) groups is 4. The summed E-state index contributed by atoms with van der Waals surface area (Å²) in [7, 11) is 0. The van der Waals surface area contributed by atoms with Crippen LogP contribution in [0.5, 0.6) is 0 Å². The van der Waals surface area contributed by atoms with Crippen molar-refractivity contribution in [2.45, 2.75) is 56.8 Å². The number of likely N-dealkylation sites (tertiary alicyclic amines) is 1. The van der Waals surface area contributed by atoms with E-state index in [4.69, 9.17) is 5.73 Å². The molecule has 0 spiro atoms. The highest BCUT2D eigenvalue weighted by atomic mass is 32.2. The lowest BCUT2D eigenvalue weighted by molar-refractivity contribution is -0.144. The quantitative estimate of drug-likeness (QED) is 0.304. The topological polar surface area (TPSA) is 158 Å². The van der Waals surface area contributed by atoms with Crippen LogP contribution in [-0.2, 0) is 25.6 Å². The second-order valence-electron chi connectivity index (χ2n) is 8.78. The van der Waals surface area contributed by atoms with Crippen LogP contribution in [0.2, 0.25) is 0 Å². The van der Waals surface area contributed by atoms with Gasteiger partial charge in [-0.25, -0.2) is 4.79 Å². The number of H-pyrrole nitrogens is 1. The summed E-state index contributed by atoms with van der Waals surface area (Å²) >= 11 is 1.55. The van der Waals surface area contributed by atoms with Crippen molar-refractivity contribution in [3.63, 3.8) is 0 Å². The van der Waals surface area contributed by atoms with Crippen molar-refractivity contribution in [2.24, 2.45) is 5.73 Å². The molecule has 35 heavy (non-hydrogen) atoms. The van der Waals surface area contributed by atoms with Gasteiger partial charge in [-0.15, -0.1) is 0 Å². The Hall–Kier alpha value is -3.05. The van der Waals surface area contributed by atoms with Crippen molar-refractivity contribution in [3.05, 3.63) is 36.0 Å². The SMILES string of the molecule is CSCCC(NC(=O)C(C)N)C(=O)N1CCCC1C(=O)NC(Cc1c[nH]c2ccccc12)C(=O)O. The molecule has 0 bridgehead atoms. The second kappa shape index (κ2) is 12.1. The largest absolute Gasteiger partial charge is 0.480 e. The molecule has 4 unspecified atom stereocenters. The zero-order valence-corrected chi connectivity index (χ0v) is 20.8. The van der Waals surface area contributed by atoms with Crippen molar-refractivity contribution in [1.29, 1.82) is 0 Å². The number of benzene rings is 1. The molecule has 0 aliphatic carbocycles. The molecule has 1 aliphatic rings. The number of carboxylic acid groups (broad SMARTS) is 1. The molecule has 4 atom stereocenters. The van der Waals surface area contributed by atoms with E-state index in [0.29, 0.717) is 31.6 Å². The third-order valence-electron chi connectivity index (χ3n) is 6.19. The first-order valence-electron chi connectivity index (χ1n) is 11.7. The fourth-order valence-electron chi connectivity index (χ4n) is 4.29. The number of fused-ring (bicyclic) bond motifs is 1. The highest BCUT2D eigenvalue weighted by molar-refractivity contribution is 7.98. The van der Waals surface area contributed by atoms with Gasteiger partial charge in [0, 0.05) is 30.1 Å². The average molecular weight is 504 g/mol. The van der Waals surface area contributed by atoms with Gasteiger partial charge >= 0.3 is 5.97 Å². The van der Waals surface area contributed by atoms with Crippen LogP contribution in [0, 0.1) is 0 Å². The summed E-state index contributed by atoms with van der Waals surface area (Å²) in [5.74, 6) is -1.80. The number of amides is 3. The summed E-state index contributed by atoms with van der Waals surface area (Å²) in [4.78, 5) is 55.1. The second-order valence-corrected chi connectivity index (χ2v) is 9.77. The number of rotatable bonds is 11. The van der Waals surface area contributed by atoms with Crippen molar-refractivity contribution in [1.82, 2.24) is 20.5 Å². The molecular formula is C24H33N5O5S. The van der Waals surface area contributed by atoms with Crippen LogP contribution in [0.25, 0.3) is 10.9 Å². The number of nitrogens with one attached hydrogen (secondary N) is 3. The minimum Gasteiger partial charge on any atom is -0.480 e. The van der Waals surface area contributed by atoms with Crippen LogP contribution in [0.15, 0.2) is 30.5 Å². The van der Waals surface area contributed by atoms with Gasteiger partial charge in [0.1, 0.15) is 18.1 Å². The first-order chi connectivity index (χ1) is 16.7. The van der Waals surface area contributed by atoms with E-state index in [9.17, 15) is 24.3 Å². The van der Waals surface area contributed by atoms with Gasteiger partial charge in [-0.2, -0.15) is 11.8 Å². The van der Waals surface area contributed by atoms with Crippen molar-refractivity contribution in [2.75, 3.05) is 18.6 Å². The van der Waals surface area contributed by atoms with Gasteiger partial charge in [0.25, 0.3) is 0 Å². The van der Waals surface area contributed by atoms with Crippen molar-refractivity contribution < 1.29 is 24.3 Å². The van der Waals surface area contributed by atoms with E-state index < -0.39 is 42.0 Å². The number of aromatic nitrogens is 1. The molecule has 0 radical (unpaired) electrons. The summed E-state index contributed by atoms with van der Waals surface area (Å²) in [6.45, 7) is 1.90. The number of para-hydroxylation sites is 1. The molecule has 1 saturated heterocycles. The molecule has 0 saturated carbocycles. The van der Waals surface area contributed by atoms with Gasteiger partial charge in [0.2, 0.25) is 17.7 Å². The highest BCUT2D eigenvalue weighted by Crippen LogP contribution is 2.22. The highest BCUT2D eigenvalue weighted by Gasteiger charge is 2.39. The van der Waals surface area contributed by atoms with E-state index in [1.54, 1.807) is 18.0 Å². The van der Waals surface area contributed by atoms with Crippen LogP contribution in [-0.4, -0.2) is 81.4 Å². The van der Waals surface area contributed by atoms with Crippen molar-refractivity contribution in [3.8, 4) is 0 Å². The molecule has 2 aromatic rings. The minimum atomic E-state index is -1.15. The molecule has 6 N–H and O–H groups in total. The molecule has 1 aromatic carbocycles. The molecule has 1 fully saturated rings. The maximum absolute atomic E-state index is 13.3. The number of thioether (sulfide) groups is 1. The van der Waals surface area contributed by atoms with E-state index >= 15 is 0 Å². The lowest BCUT2D eigenvalue weighted by atomic mass is 10.0. The molecular weight excluding hydrogens is 470 g/mol. The fraction of sp³-hybridized carbons (Fsp3) is 0.500. The number of nitrogens with zero attached hydrogens (tertiary/aromatic N) is 1. The number of hydrogen-bond donors (Lipinski definition) is 5. The van der Waals surface area contributed by atoms with Gasteiger partial charge in [0.05, 0.1) is 6.04 Å². The Morgan fingerprint density at radius 3 is 2.66 bits per heavy atom. The van der Waals surface area contributed by atoms with E-state index in [1.165, 1.54) is 11.8 Å². The van der Waals surface area contributed by atoms with Gasteiger partial charge in [0.15, 0.2) is 0 Å². The zero-order chi connectivity index (χ0) is 25.5. The van der Waals surface area contributed by atoms with Crippen LogP contribution >= 0.6 is 11.8 Å². The maximum atomic E-state index is 13.3. The van der Waals surface area contributed by atoms with E-state index in [-0.39, 0.29) is 12.3 Å². The smallest absolute Gasteiger partial charge is 0.326 e. The molecule has 3 amide bonds. The van der Waals surface area contributed by atoms with Gasteiger partial charge in [-0.3, -0.25) is 14.4 Å². The number of carbonyl (C=O) groups excluding carboxylic acids is 3. The summed E-state index contributed by atoms with van der Waals surface area (Å²) in [5.41, 5.74) is 7.32. The fourth-order valence-corrected chi connectivity index (χ4v) is 4.76. The molecule has 1 aliphatic heterocycles. The van der Waals surface area contributed by atoms with E-state index in [1.807, 2.05) is 30.5 Å². The lowest BCUT2D eigenvalue weighted by Crippen LogP contribution is -2.56. The molecule has 10 nitrogen and oxygen atoms in total. The van der Waals surface area contributed by atoms with Crippen LogP contribution in [0.1, 0.15) is 31.7 Å². The van der Waals surface area contributed by atoms with E-state index in [2.05, 4.69) is 15.6 Å². The Bertz CT molecular complexity index is 1070. The molecule has 3 rings (SSSR count). The first kappa shape index (κ1) is 26.6. The normalized spacial score (nSPS) is 18.1. The Labute approximate surface area is 208 Å². The lowest BCUT2D eigenvalue weighted by Gasteiger charge is -2.29. The van der Waals surface area contributed by atoms with E-state index in [0.717, 1.165) is 16.5 Å². The predicted octanol–water partition coefficient (Wildman–Crippen LogP) is 0.856. The Kier molecular flexibility index (Phi) is 9.16. The average Bonchev–Trinajstić information content (AvgIpc) is 3.48. The summed E-state index contributed by atoms with van der Waals surface area (Å²) in [6, 6.07) is 4.04. The molecule has 190 valence electrons. The van der Waals surface area contributed by atoms with Gasteiger partial charge < -0.3 is 31.4 Å². The molecule has 2 heterocycles. The predicted molar refractivity (Wildman–Crippen MR) is 135 cm³/mol. The number of hydrogen-bond acceptors (Lipinski definition) is 6. The third-order valence-corrected chi connectivity index (χ3v) is 6.83. The Morgan fingerprint density at radius 2 is 1.97 bits per heavy atom. The number of aromatic amines is 1. The number of nitrogens with two attached hydrogens (primary N) is 1. The maximum Gasteiger partial charge on any atom is 0.326 e. The van der Waals surface area contributed by atoms with Gasteiger partial charge in [-0.1, -0.05) is 18.2 Å². The first-order valence-corrected chi connectivity index (χ1v) is 13.1. The number of carboxylic acids is 1. The summed E-state index contributed by atoms with van der Waals surface area (Å²) in [6.07, 6.45) is 5.19. The number of aliphatic carboxylic acids is 1. The minimum absolute atomic E-state index is 0.104. The van der Waals surface area contributed by atoms with Crippen molar-refractivity contribution >= 4 is 46.4 Å². The zero-order valence-electron chi connectivity index (χ0n) is 20.0. The molecule has 1 aromatic heterocycles. The molecule has 11 heteroatoms. The van der Waals surface area contributed by atoms with Gasteiger partial charge in [-0.05, 0) is 49.8 Å². The summed E-state index contributed by atoms with van der Waals surface area (Å²) in [5, 5.41) is 16.0. The van der Waals surface area contributed by atoms with Crippen LogP contribution < -0.4 is 16.4 Å². The third kappa shape index (κ3) is 6.55. The van der Waals surface area contributed by atoms with Crippen LogP contribution in [0.3, 0.4) is 0 Å². The standard InChI is InChI=1S/C24H33N5O5S/c1-14(25)21(30)27-18(9-11-35-2)23(32)29-10-5-8-20(29)22(31)28-19(24(33)34)12-15-13-26-17-7-4-3-6-16(15)17/h3-4,6-7,13-14,18-20,26H,5,8-12,25H2,1-2H3,(H,27,30)(H,28,31)(H,33,34). The monoisotopic (exact) mass is 503 g/mol. The Morgan fingerprint density at radius 1 is 1.23 bits per heavy atom. The Balaban J connectivity index is 1.71. The summed E-state index contributed by atoms with van der Waals surface area (Å²) < 4.78 is 0. The van der Waals surface area contributed by atoms with Crippen LogP contribution in [0.4, 0.5) is 0 Å².